The summed E-state index contributed by atoms with van der Waals surface area (Å²) in [6.07, 6.45) is 3.51. The van der Waals surface area contributed by atoms with E-state index in [2.05, 4.69) is 9.88 Å². The molecule has 0 radical (unpaired) electrons. The number of benzene rings is 1. The van der Waals surface area contributed by atoms with E-state index in [0.29, 0.717) is 12.4 Å². The summed E-state index contributed by atoms with van der Waals surface area (Å²) in [5.74, 6) is 0.212. The second-order valence-electron chi connectivity index (χ2n) is 4.12. The quantitative estimate of drug-likeness (QED) is 0.785. The van der Waals surface area contributed by atoms with Gasteiger partial charge < -0.3 is 4.90 Å². The fourth-order valence-electron chi connectivity index (χ4n) is 1.84. The van der Waals surface area contributed by atoms with E-state index < -0.39 is 0 Å². The molecule has 1 aromatic heterocycles. The van der Waals surface area contributed by atoms with Crippen molar-refractivity contribution in [3.05, 3.63) is 59.7 Å². The van der Waals surface area contributed by atoms with E-state index in [-0.39, 0.29) is 5.82 Å². The standard InChI is InChI=1S/C14H14ClFN2/c1-18(10-11-2-4-13(16)5-3-11)14-6-7-17-9-12(14)8-15/h2-7,9H,8,10H2,1H3. The van der Waals surface area contributed by atoms with Gasteiger partial charge >= 0.3 is 0 Å². The smallest absolute Gasteiger partial charge is 0.123 e. The lowest BCUT2D eigenvalue weighted by Crippen LogP contribution is -2.17. The van der Waals surface area contributed by atoms with Crippen molar-refractivity contribution in [3.8, 4) is 0 Å². The zero-order valence-corrected chi connectivity index (χ0v) is 10.9. The number of anilines is 1. The average molecular weight is 265 g/mol. The summed E-state index contributed by atoms with van der Waals surface area (Å²) in [6, 6.07) is 8.44. The molecule has 0 aliphatic heterocycles. The minimum atomic E-state index is -0.216. The van der Waals surface area contributed by atoms with E-state index >= 15 is 0 Å². The summed E-state index contributed by atoms with van der Waals surface area (Å²) in [5.41, 5.74) is 3.09. The Hall–Kier alpha value is -1.61. The minimum absolute atomic E-state index is 0.216. The molecule has 0 atom stereocenters. The number of nitrogens with zero attached hydrogens (tertiary/aromatic N) is 2. The zero-order chi connectivity index (χ0) is 13.0. The molecule has 0 aliphatic rings. The molecule has 1 heterocycles. The monoisotopic (exact) mass is 264 g/mol. The number of pyridine rings is 1. The Morgan fingerprint density at radius 2 is 1.94 bits per heavy atom. The second-order valence-corrected chi connectivity index (χ2v) is 4.39. The molecule has 0 unspecified atom stereocenters. The Morgan fingerprint density at radius 3 is 2.61 bits per heavy atom. The van der Waals surface area contributed by atoms with E-state index in [1.165, 1.54) is 12.1 Å². The first-order valence-corrected chi connectivity index (χ1v) is 6.18. The lowest BCUT2D eigenvalue weighted by Gasteiger charge is -2.21. The lowest BCUT2D eigenvalue weighted by atomic mass is 10.2. The molecule has 4 heteroatoms. The third kappa shape index (κ3) is 2.99. The van der Waals surface area contributed by atoms with Crippen molar-refractivity contribution in [2.45, 2.75) is 12.4 Å². The summed E-state index contributed by atoms with van der Waals surface area (Å²) >= 11 is 5.88. The molecule has 0 saturated carbocycles. The van der Waals surface area contributed by atoms with Gasteiger partial charge in [-0.05, 0) is 23.8 Å². The van der Waals surface area contributed by atoms with Crippen LogP contribution >= 0.6 is 11.6 Å². The van der Waals surface area contributed by atoms with E-state index in [0.717, 1.165) is 16.8 Å². The van der Waals surface area contributed by atoms with Gasteiger partial charge in [0.25, 0.3) is 0 Å². The zero-order valence-electron chi connectivity index (χ0n) is 10.1. The van der Waals surface area contributed by atoms with Gasteiger partial charge in [0.05, 0.1) is 5.88 Å². The third-order valence-electron chi connectivity index (χ3n) is 2.77. The Labute approximate surface area is 111 Å². The molecule has 1 aromatic carbocycles. The molecule has 0 amide bonds. The lowest BCUT2D eigenvalue weighted by molar-refractivity contribution is 0.627. The van der Waals surface area contributed by atoms with Gasteiger partial charge in [-0.1, -0.05) is 12.1 Å². The predicted octanol–water partition coefficient (Wildman–Crippen LogP) is 3.60. The summed E-state index contributed by atoms with van der Waals surface area (Å²) < 4.78 is 12.8. The maximum atomic E-state index is 12.8. The van der Waals surface area contributed by atoms with Crippen LogP contribution in [0.5, 0.6) is 0 Å². The Kier molecular flexibility index (Phi) is 4.15. The second kappa shape index (κ2) is 5.83. The number of hydrogen-bond acceptors (Lipinski definition) is 2. The van der Waals surface area contributed by atoms with Crippen molar-refractivity contribution in [1.82, 2.24) is 4.98 Å². The van der Waals surface area contributed by atoms with Crippen LogP contribution in [0.2, 0.25) is 0 Å². The highest BCUT2D eigenvalue weighted by Crippen LogP contribution is 2.21. The van der Waals surface area contributed by atoms with Gasteiger partial charge in [-0.3, -0.25) is 4.98 Å². The Bertz CT molecular complexity index is 513. The van der Waals surface area contributed by atoms with Crippen molar-refractivity contribution in [2.24, 2.45) is 0 Å². The van der Waals surface area contributed by atoms with Crippen LogP contribution in [0, 0.1) is 5.82 Å². The number of alkyl halides is 1. The molecule has 0 fully saturated rings. The average Bonchev–Trinajstić information content (AvgIpc) is 2.41. The van der Waals surface area contributed by atoms with Gasteiger partial charge in [0.2, 0.25) is 0 Å². The van der Waals surface area contributed by atoms with E-state index in [4.69, 9.17) is 11.6 Å². The van der Waals surface area contributed by atoms with Gasteiger partial charge in [0.1, 0.15) is 5.82 Å². The molecule has 0 spiro atoms. The van der Waals surface area contributed by atoms with Crippen LogP contribution in [0.1, 0.15) is 11.1 Å². The highest BCUT2D eigenvalue weighted by molar-refractivity contribution is 6.17. The van der Waals surface area contributed by atoms with Gasteiger partial charge in [-0.25, -0.2) is 4.39 Å². The number of aromatic nitrogens is 1. The highest BCUT2D eigenvalue weighted by atomic mass is 35.5. The fourth-order valence-corrected chi connectivity index (χ4v) is 2.05. The summed E-state index contributed by atoms with van der Waals surface area (Å²) in [5, 5.41) is 0. The maximum absolute atomic E-state index is 12.8. The van der Waals surface area contributed by atoms with Gasteiger partial charge in [0.15, 0.2) is 0 Å². The van der Waals surface area contributed by atoms with Crippen molar-refractivity contribution >= 4 is 17.3 Å². The molecule has 2 nitrogen and oxygen atoms in total. The van der Waals surface area contributed by atoms with Crippen molar-refractivity contribution in [2.75, 3.05) is 11.9 Å². The first kappa shape index (κ1) is 12.8. The van der Waals surface area contributed by atoms with Crippen LogP contribution in [0.15, 0.2) is 42.7 Å². The molecule has 94 valence electrons. The van der Waals surface area contributed by atoms with Crippen LogP contribution in [0.3, 0.4) is 0 Å². The summed E-state index contributed by atoms with van der Waals surface area (Å²) in [7, 11) is 1.98. The largest absolute Gasteiger partial charge is 0.370 e. The van der Waals surface area contributed by atoms with Crippen LogP contribution in [0.25, 0.3) is 0 Å². The molecule has 18 heavy (non-hydrogen) atoms. The predicted molar refractivity (Wildman–Crippen MR) is 72.3 cm³/mol. The molecule has 0 bridgehead atoms. The molecular formula is C14H14ClFN2. The first-order chi connectivity index (χ1) is 8.70. The molecule has 0 N–H and O–H groups in total. The van der Waals surface area contributed by atoms with Gasteiger partial charge in [-0.2, -0.15) is 0 Å². The van der Waals surface area contributed by atoms with E-state index in [9.17, 15) is 4.39 Å². The van der Waals surface area contributed by atoms with Crippen molar-refractivity contribution in [1.29, 1.82) is 0 Å². The SMILES string of the molecule is CN(Cc1ccc(F)cc1)c1ccncc1CCl. The minimum Gasteiger partial charge on any atom is -0.370 e. The highest BCUT2D eigenvalue weighted by Gasteiger charge is 2.07. The Morgan fingerprint density at radius 1 is 1.22 bits per heavy atom. The number of rotatable bonds is 4. The molecular weight excluding hydrogens is 251 g/mol. The first-order valence-electron chi connectivity index (χ1n) is 5.65. The number of hydrogen-bond donors (Lipinski definition) is 0. The van der Waals surface area contributed by atoms with Gasteiger partial charge in [-0.15, -0.1) is 11.6 Å². The van der Waals surface area contributed by atoms with Crippen molar-refractivity contribution in [3.63, 3.8) is 0 Å². The van der Waals surface area contributed by atoms with Crippen LogP contribution in [-0.2, 0) is 12.4 Å². The van der Waals surface area contributed by atoms with Crippen LogP contribution in [-0.4, -0.2) is 12.0 Å². The maximum Gasteiger partial charge on any atom is 0.123 e. The van der Waals surface area contributed by atoms with Gasteiger partial charge in [0, 0.05) is 37.2 Å². The molecule has 0 aliphatic carbocycles. The normalized spacial score (nSPS) is 10.4. The molecule has 0 saturated heterocycles. The topological polar surface area (TPSA) is 16.1 Å². The summed E-state index contributed by atoms with van der Waals surface area (Å²) in [6.45, 7) is 0.703. The molecule has 2 rings (SSSR count). The third-order valence-corrected chi connectivity index (χ3v) is 3.05. The van der Waals surface area contributed by atoms with Crippen LogP contribution < -0.4 is 4.90 Å². The fraction of sp³-hybridized carbons (Fsp3) is 0.214. The van der Waals surface area contributed by atoms with E-state index in [1.807, 2.05) is 13.1 Å². The summed E-state index contributed by atoms with van der Waals surface area (Å²) in [4.78, 5) is 6.13. The van der Waals surface area contributed by atoms with Crippen molar-refractivity contribution < 1.29 is 4.39 Å². The van der Waals surface area contributed by atoms with E-state index in [1.54, 1.807) is 24.5 Å². The molecule has 2 aromatic rings. The van der Waals surface area contributed by atoms with Crippen LogP contribution in [0.4, 0.5) is 10.1 Å². The number of halogens is 2. The Balaban J connectivity index is 2.16.